The number of hydrazone groups is 1. The topological polar surface area (TPSA) is 45.1 Å². The first kappa shape index (κ1) is 19.3. The molecule has 0 unspecified atom stereocenters. The van der Waals surface area contributed by atoms with E-state index in [1.807, 2.05) is 59.6 Å². The van der Waals surface area contributed by atoms with E-state index >= 15 is 0 Å². The first-order chi connectivity index (χ1) is 15.6. The molecule has 32 heavy (non-hydrogen) atoms. The van der Waals surface area contributed by atoms with Crippen molar-refractivity contribution < 1.29 is 9.53 Å². The quantitative estimate of drug-likeness (QED) is 0.468. The van der Waals surface area contributed by atoms with Gasteiger partial charge in [-0.1, -0.05) is 70.5 Å². The average molecular weight is 486 g/mol. The van der Waals surface area contributed by atoms with E-state index < -0.39 is 5.72 Å². The van der Waals surface area contributed by atoms with Gasteiger partial charge in [0.05, 0.1) is 23.0 Å². The number of halogens is 1. The van der Waals surface area contributed by atoms with E-state index in [2.05, 4.69) is 40.7 Å². The van der Waals surface area contributed by atoms with Gasteiger partial charge in [-0.3, -0.25) is 4.79 Å². The van der Waals surface area contributed by atoms with Gasteiger partial charge in [0.2, 0.25) is 0 Å². The van der Waals surface area contributed by atoms with Crippen LogP contribution < -0.4 is 9.64 Å². The number of amides is 1. The van der Waals surface area contributed by atoms with Crippen LogP contribution in [0.4, 0.5) is 5.69 Å². The molecule has 6 rings (SSSR count). The third-order valence-corrected chi connectivity index (χ3v) is 6.83. The summed E-state index contributed by atoms with van der Waals surface area (Å²) in [6.45, 7) is 4.25. The molecule has 3 aromatic carbocycles. The lowest BCUT2D eigenvalue weighted by molar-refractivity contribution is -0.163. The summed E-state index contributed by atoms with van der Waals surface area (Å²) in [7, 11) is 0. The Morgan fingerprint density at radius 1 is 1.12 bits per heavy atom. The standard InChI is InChI=1S/C26H20BrN3O2/c1-2-14-29-22-11-7-6-10-20(22)26(25(29)31)30-23(19-15-18(27)12-13-24(19)32-26)16-21(28-30)17-8-4-3-5-9-17/h2-13,15,23H,1,14,16H2/t23-,26-/m0/s1. The first-order valence-corrected chi connectivity index (χ1v) is 11.4. The second kappa shape index (κ2) is 7.07. The summed E-state index contributed by atoms with van der Waals surface area (Å²) in [5.74, 6) is 0.567. The van der Waals surface area contributed by atoms with Crippen molar-refractivity contribution in [3.05, 3.63) is 107 Å². The SMILES string of the molecule is C=CCN1C(=O)[C@@]2(Oc3ccc(Br)cc3[C@@H]3CC(c4ccccc4)=NN32)c2ccccc21. The molecule has 0 saturated carbocycles. The summed E-state index contributed by atoms with van der Waals surface area (Å²) in [5, 5.41) is 6.91. The van der Waals surface area contributed by atoms with E-state index in [0.717, 1.165) is 32.6 Å². The van der Waals surface area contributed by atoms with Gasteiger partial charge in [0, 0.05) is 23.0 Å². The molecule has 6 heteroatoms. The van der Waals surface area contributed by atoms with Gasteiger partial charge in [-0.2, -0.15) is 5.10 Å². The minimum Gasteiger partial charge on any atom is -0.453 e. The number of ether oxygens (including phenoxy) is 1. The molecule has 1 amide bonds. The van der Waals surface area contributed by atoms with Crippen LogP contribution in [0.2, 0.25) is 0 Å². The molecule has 2 atom stereocenters. The van der Waals surface area contributed by atoms with Crippen molar-refractivity contribution in [2.75, 3.05) is 11.4 Å². The van der Waals surface area contributed by atoms with Crippen LogP contribution in [0.25, 0.3) is 0 Å². The lowest BCUT2D eigenvalue weighted by atomic mass is 9.92. The average Bonchev–Trinajstić information content (AvgIpc) is 3.37. The molecule has 158 valence electrons. The molecule has 0 fully saturated rings. The molecule has 0 N–H and O–H groups in total. The summed E-state index contributed by atoms with van der Waals surface area (Å²) < 4.78 is 7.59. The molecule has 0 aliphatic carbocycles. The van der Waals surface area contributed by atoms with E-state index in [9.17, 15) is 4.79 Å². The maximum atomic E-state index is 14.0. The molecule has 3 aliphatic heterocycles. The van der Waals surface area contributed by atoms with Gasteiger partial charge in [-0.15, -0.1) is 6.58 Å². The Morgan fingerprint density at radius 2 is 1.91 bits per heavy atom. The number of carbonyl (C=O) groups is 1. The molecule has 5 nitrogen and oxygen atoms in total. The van der Waals surface area contributed by atoms with Crippen LogP contribution in [0, 0.1) is 0 Å². The van der Waals surface area contributed by atoms with Crippen molar-refractivity contribution in [3.8, 4) is 5.75 Å². The Kier molecular flexibility index (Phi) is 4.27. The summed E-state index contributed by atoms with van der Waals surface area (Å²) in [5.41, 5.74) is 3.31. The number of anilines is 1. The van der Waals surface area contributed by atoms with Crippen molar-refractivity contribution in [3.63, 3.8) is 0 Å². The van der Waals surface area contributed by atoms with Gasteiger partial charge in [-0.25, -0.2) is 5.01 Å². The largest absolute Gasteiger partial charge is 0.453 e. The third kappa shape index (κ3) is 2.56. The number of benzene rings is 3. The highest BCUT2D eigenvalue weighted by atomic mass is 79.9. The Hall–Kier alpha value is -3.38. The summed E-state index contributed by atoms with van der Waals surface area (Å²) in [6, 6.07) is 23.8. The smallest absolute Gasteiger partial charge is 0.306 e. The van der Waals surface area contributed by atoms with E-state index in [-0.39, 0.29) is 11.9 Å². The van der Waals surface area contributed by atoms with Gasteiger partial charge in [0.1, 0.15) is 5.75 Å². The van der Waals surface area contributed by atoms with Crippen molar-refractivity contribution in [2.24, 2.45) is 5.10 Å². The molecular weight excluding hydrogens is 466 g/mol. The molecule has 0 radical (unpaired) electrons. The summed E-state index contributed by atoms with van der Waals surface area (Å²) in [6.07, 6.45) is 2.43. The zero-order valence-corrected chi connectivity index (χ0v) is 18.8. The Labute approximate surface area is 194 Å². The molecular formula is C26H20BrN3O2. The van der Waals surface area contributed by atoms with Crippen molar-refractivity contribution >= 4 is 33.2 Å². The van der Waals surface area contributed by atoms with Crippen molar-refractivity contribution in [1.29, 1.82) is 0 Å². The van der Waals surface area contributed by atoms with E-state index in [0.29, 0.717) is 18.7 Å². The molecule has 1 spiro atoms. The van der Waals surface area contributed by atoms with E-state index in [4.69, 9.17) is 9.84 Å². The summed E-state index contributed by atoms with van der Waals surface area (Å²) >= 11 is 3.59. The lowest BCUT2D eigenvalue weighted by Crippen LogP contribution is -2.57. The van der Waals surface area contributed by atoms with Gasteiger partial charge in [-0.05, 0) is 29.8 Å². The predicted molar refractivity (Wildman–Crippen MR) is 128 cm³/mol. The van der Waals surface area contributed by atoms with E-state index in [1.54, 1.807) is 11.0 Å². The predicted octanol–water partition coefficient (Wildman–Crippen LogP) is 5.38. The van der Waals surface area contributed by atoms with Gasteiger partial charge < -0.3 is 9.64 Å². The number of carbonyl (C=O) groups excluding carboxylic acids is 1. The maximum absolute atomic E-state index is 14.0. The van der Waals surface area contributed by atoms with Crippen LogP contribution in [0.3, 0.4) is 0 Å². The second-order valence-electron chi connectivity index (χ2n) is 8.13. The van der Waals surface area contributed by atoms with Crippen molar-refractivity contribution in [2.45, 2.75) is 18.2 Å². The Bertz CT molecular complexity index is 1290. The molecule has 3 aliphatic rings. The van der Waals surface area contributed by atoms with Gasteiger partial charge >= 0.3 is 5.72 Å². The van der Waals surface area contributed by atoms with Crippen LogP contribution in [0.15, 0.2) is 95.0 Å². The summed E-state index contributed by atoms with van der Waals surface area (Å²) in [4.78, 5) is 15.8. The molecule has 0 aromatic heterocycles. The molecule has 3 heterocycles. The highest BCUT2D eigenvalue weighted by Crippen LogP contribution is 2.55. The molecule has 3 aromatic rings. The third-order valence-electron chi connectivity index (χ3n) is 6.34. The van der Waals surface area contributed by atoms with Crippen LogP contribution >= 0.6 is 15.9 Å². The Balaban J connectivity index is 1.59. The highest BCUT2D eigenvalue weighted by molar-refractivity contribution is 9.10. The number of rotatable bonds is 3. The number of hydrogen-bond acceptors (Lipinski definition) is 4. The number of nitrogens with zero attached hydrogens (tertiary/aromatic N) is 3. The van der Waals surface area contributed by atoms with Crippen LogP contribution in [0.5, 0.6) is 5.75 Å². The number of hydrogen-bond donors (Lipinski definition) is 0. The van der Waals surface area contributed by atoms with Crippen molar-refractivity contribution in [1.82, 2.24) is 5.01 Å². The normalized spacial score (nSPS) is 22.8. The van der Waals surface area contributed by atoms with Crippen LogP contribution in [-0.2, 0) is 10.5 Å². The maximum Gasteiger partial charge on any atom is 0.306 e. The second-order valence-corrected chi connectivity index (χ2v) is 9.04. The van der Waals surface area contributed by atoms with Gasteiger partial charge in [0.15, 0.2) is 0 Å². The van der Waals surface area contributed by atoms with E-state index in [1.165, 1.54) is 0 Å². The fraction of sp³-hybridized carbons (Fsp3) is 0.154. The number of para-hydroxylation sites is 1. The molecule has 0 bridgehead atoms. The Morgan fingerprint density at radius 3 is 2.72 bits per heavy atom. The molecule has 0 saturated heterocycles. The van der Waals surface area contributed by atoms with Crippen LogP contribution in [0.1, 0.15) is 29.2 Å². The lowest BCUT2D eigenvalue weighted by Gasteiger charge is -2.44. The fourth-order valence-corrected chi connectivity index (χ4v) is 5.34. The monoisotopic (exact) mass is 485 g/mol. The zero-order valence-electron chi connectivity index (χ0n) is 17.2. The highest BCUT2D eigenvalue weighted by Gasteiger charge is 2.63. The first-order valence-electron chi connectivity index (χ1n) is 10.6. The number of fused-ring (bicyclic) bond motifs is 6. The van der Waals surface area contributed by atoms with Gasteiger partial charge in [0.25, 0.3) is 5.91 Å². The minimum absolute atomic E-state index is 0.118. The fourth-order valence-electron chi connectivity index (χ4n) is 4.96. The minimum atomic E-state index is -1.35. The van der Waals surface area contributed by atoms with Crippen LogP contribution in [-0.4, -0.2) is 23.2 Å². The zero-order chi connectivity index (χ0) is 21.9.